The minimum absolute atomic E-state index is 0.0663. The molecular weight excluding hydrogens is 222 g/mol. The molecule has 2 rings (SSSR count). The molecule has 0 aliphatic heterocycles. The van der Waals surface area contributed by atoms with Gasteiger partial charge >= 0.3 is 0 Å². The summed E-state index contributed by atoms with van der Waals surface area (Å²) < 4.78 is 5.48. The molecule has 1 aromatic carbocycles. The van der Waals surface area contributed by atoms with Crippen molar-refractivity contribution in [2.24, 2.45) is 0 Å². The summed E-state index contributed by atoms with van der Waals surface area (Å²) in [5, 5.41) is 3.58. The van der Waals surface area contributed by atoms with Gasteiger partial charge < -0.3 is 10.1 Å². The van der Waals surface area contributed by atoms with Gasteiger partial charge in [-0.15, -0.1) is 0 Å². The summed E-state index contributed by atoms with van der Waals surface area (Å²) in [6.07, 6.45) is 4.80. The lowest BCUT2D eigenvalue weighted by Gasteiger charge is -2.27. The zero-order valence-electron chi connectivity index (χ0n) is 12.0. The average Bonchev–Trinajstić information content (AvgIpc) is 2.75. The molecule has 1 N–H and O–H groups in total. The number of rotatable bonds is 5. The Kier molecular flexibility index (Phi) is 3.96. The maximum atomic E-state index is 5.48. The van der Waals surface area contributed by atoms with E-state index in [1.807, 2.05) is 0 Å². The van der Waals surface area contributed by atoms with Crippen LogP contribution in [0, 0.1) is 0 Å². The van der Waals surface area contributed by atoms with E-state index in [0.29, 0.717) is 6.04 Å². The Balaban J connectivity index is 1.97. The van der Waals surface area contributed by atoms with Gasteiger partial charge in [-0.05, 0) is 69.7 Å². The Morgan fingerprint density at radius 1 is 1.28 bits per heavy atom. The fraction of sp³-hybridized carbons (Fsp3) is 0.625. The summed E-state index contributed by atoms with van der Waals surface area (Å²) in [4.78, 5) is 0. The highest BCUT2D eigenvalue weighted by atomic mass is 16.5. The van der Waals surface area contributed by atoms with Crippen LogP contribution in [0.15, 0.2) is 18.2 Å². The summed E-state index contributed by atoms with van der Waals surface area (Å²) in [6.45, 7) is 6.48. The normalized spacial score (nSPS) is 16.4. The van der Waals surface area contributed by atoms with Crippen molar-refractivity contribution < 1.29 is 4.74 Å². The largest absolute Gasteiger partial charge is 0.382 e. The lowest BCUT2D eigenvalue weighted by Crippen LogP contribution is -2.31. The van der Waals surface area contributed by atoms with Gasteiger partial charge in [-0.2, -0.15) is 0 Å². The molecule has 0 saturated carbocycles. The smallest absolute Gasteiger partial charge is 0.0642 e. The molecule has 0 bridgehead atoms. The van der Waals surface area contributed by atoms with Crippen LogP contribution in [-0.2, 0) is 17.6 Å². The molecule has 2 heteroatoms. The van der Waals surface area contributed by atoms with E-state index < -0.39 is 0 Å². The number of fused-ring (bicyclic) bond motifs is 1. The first-order valence-corrected chi connectivity index (χ1v) is 6.94. The van der Waals surface area contributed by atoms with Gasteiger partial charge in [-0.25, -0.2) is 0 Å². The monoisotopic (exact) mass is 247 g/mol. The quantitative estimate of drug-likeness (QED) is 0.854. The van der Waals surface area contributed by atoms with Crippen LogP contribution in [0.4, 0.5) is 5.69 Å². The number of ether oxygens (including phenoxy) is 1. The Labute approximate surface area is 111 Å². The minimum atomic E-state index is -0.0663. The fourth-order valence-electron chi connectivity index (χ4n) is 2.82. The Bertz CT molecular complexity index is 412. The molecular formula is C16H25NO. The average molecular weight is 247 g/mol. The predicted octanol–water partition coefficient (Wildman–Crippen LogP) is 3.79. The fourth-order valence-corrected chi connectivity index (χ4v) is 2.82. The third-order valence-corrected chi connectivity index (χ3v) is 3.86. The topological polar surface area (TPSA) is 21.3 Å². The predicted molar refractivity (Wildman–Crippen MR) is 77.3 cm³/mol. The zero-order valence-corrected chi connectivity index (χ0v) is 12.0. The third kappa shape index (κ3) is 3.26. The lowest BCUT2D eigenvalue weighted by molar-refractivity contribution is 0.0128. The van der Waals surface area contributed by atoms with Crippen LogP contribution >= 0.6 is 0 Å². The van der Waals surface area contributed by atoms with Gasteiger partial charge in [0.25, 0.3) is 0 Å². The van der Waals surface area contributed by atoms with Crippen molar-refractivity contribution in [2.45, 2.75) is 58.1 Å². The Hall–Kier alpha value is -1.02. The van der Waals surface area contributed by atoms with Crippen LogP contribution in [0.3, 0.4) is 0 Å². The van der Waals surface area contributed by atoms with Gasteiger partial charge in [0.05, 0.1) is 5.60 Å². The van der Waals surface area contributed by atoms with Crippen LogP contribution in [0.2, 0.25) is 0 Å². The molecule has 0 fully saturated rings. The van der Waals surface area contributed by atoms with Gasteiger partial charge in [-0.3, -0.25) is 0 Å². The minimum Gasteiger partial charge on any atom is -0.382 e. The van der Waals surface area contributed by atoms with Crippen LogP contribution in [0.25, 0.3) is 0 Å². The molecule has 2 nitrogen and oxygen atoms in total. The van der Waals surface area contributed by atoms with Gasteiger partial charge in [0.2, 0.25) is 0 Å². The van der Waals surface area contributed by atoms with Gasteiger partial charge in [0, 0.05) is 18.8 Å². The highest BCUT2D eigenvalue weighted by Crippen LogP contribution is 2.26. The number of anilines is 1. The SMILES string of the molecule is COC(C)(C)CC(C)Nc1ccc2c(c1)CCC2. The Morgan fingerprint density at radius 2 is 2.00 bits per heavy atom. The second-order valence-corrected chi connectivity index (χ2v) is 6.05. The van der Waals surface area contributed by atoms with Gasteiger partial charge in [0.15, 0.2) is 0 Å². The first-order valence-electron chi connectivity index (χ1n) is 6.94. The van der Waals surface area contributed by atoms with Crippen molar-refractivity contribution in [1.29, 1.82) is 0 Å². The molecule has 1 atom stereocenters. The van der Waals surface area contributed by atoms with E-state index in [0.717, 1.165) is 6.42 Å². The number of nitrogens with one attached hydrogen (secondary N) is 1. The molecule has 1 aliphatic carbocycles. The van der Waals surface area contributed by atoms with Gasteiger partial charge in [-0.1, -0.05) is 6.07 Å². The van der Waals surface area contributed by atoms with Crippen molar-refractivity contribution in [3.05, 3.63) is 29.3 Å². The number of hydrogen-bond donors (Lipinski definition) is 1. The van der Waals surface area contributed by atoms with Crippen LogP contribution in [0.5, 0.6) is 0 Å². The second-order valence-electron chi connectivity index (χ2n) is 6.05. The second kappa shape index (κ2) is 5.31. The molecule has 100 valence electrons. The molecule has 0 aromatic heterocycles. The van der Waals surface area contributed by atoms with E-state index in [9.17, 15) is 0 Å². The molecule has 1 aliphatic rings. The maximum Gasteiger partial charge on any atom is 0.0642 e. The lowest BCUT2D eigenvalue weighted by atomic mass is 9.99. The summed E-state index contributed by atoms with van der Waals surface area (Å²) in [7, 11) is 1.78. The van der Waals surface area contributed by atoms with Crippen LogP contribution < -0.4 is 5.32 Å². The summed E-state index contributed by atoms with van der Waals surface area (Å²) >= 11 is 0. The van der Waals surface area contributed by atoms with Gasteiger partial charge in [0.1, 0.15) is 0 Å². The first kappa shape index (κ1) is 13.4. The summed E-state index contributed by atoms with van der Waals surface area (Å²) in [5.41, 5.74) is 4.24. The number of methoxy groups -OCH3 is 1. The van der Waals surface area contributed by atoms with E-state index >= 15 is 0 Å². The van der Waals surface area contributed by atoms with E-state index in [1.54, 1.807) is 7.11 Å². The Morgan fingerprint density at radius 3 is 2.72 bits per heavy atom. The van der Waals surface area contributed by atoms with E-state index in [1.165, 1.54) is 36.1 Å². The van der Waals surface area contributed by atoms with Crippen LogP contribution in [-0.4, -0.2) is 18.8 Å². The number of benzene rings is 1. The van der Waals surface area contributed by atoms with E-state index in [4.69, 9.17) is 4.74 Å². The molecule has 18 heavy (non-hydrogen) atoms. The number of aryl methyl sites for hydroxylation is 2. The molecule has 0 heterocycles. The highest BCUT2D eigenvalue weighted by molar-refractivity contribution is 5.50. The zero-order chi connectivity index (χ0) is 13.2. The van der Waals surface area contributed by atoms with Crippen molar-refractivity contribution in [3.8, 4) is 0 Å². The summed E-state index contributed by atoms with van der Waals surface area (Å²) in [5.74, 6) is 0. The van der Waals surface area contributed by atoms with E-state index in [2.05, 4.69) is 44.3 Å². The van der Waals surface area contributed by atoms with Crippen LogP contribution in [0.1, 0.15) is 44.7 Å². The number of hydrogen-bond acceptors (Lipinski definition) is 2. The molecule has 1 unspecified atom stereocenters. The van der Waals surface area contributed by atoms with E-state index in [-0.39, 0.29) is 5.60 Å². The molecule has 0 amide bonds. The molecule has 0 saturated heterocycles. The highest BCUT2D eigenvalue weighted by Gasteiger charge is 2.20. The molecule has 0 spiro atoms. The van der Waals surface area contributed by atoms with Crippen molar-refractivity contribution in [2.75, 3.05) is 12.4 Å². The van der Waals surface area contributed by atoms with Crippen molar-refractivity contribution in [1.82, 2.24) is 0 Å². The molecule has 0 radical (unpaired) electrons. The maximum absolute atomic E-state index is 5.48. The van der Waals surface area contributed by atoms with Crippen molar-refractivity contribution in [3.63, 3.8) is 0 Å². The third-order valence-electron chi connectivity index (χ3n) is 3.86. The molecule has 1 aromatic rings. The summed E-state index contributed by atoms with van der Waals surface area (Å²) in [6, 6.07) is 7.22. The first-order chi connectivity index (χ1) is 8.50. The standard InChI is InChI=1S/C16H25NO/c1-12(11-16(2,3)18-4)17-15-9-8-13-6-5-7-14(13)10-15/h8-10,12,17H,5-7,11H2,1-4H3. The van der Waals surface area contributed by atoms with Crippen molar-refractivity contribution >= 4 is 5.69 Å².